The highest BCUT2D eigenvalue weighted by molar-refractivity contribution is 5.81. The predicted molar refractivity (Wildman–Crippen MR) is 55.4 cm³/mol. The fourth-order valence-electron chi connectivity index (χ4n) is 3.01. The van der Waals surface area contributed by atoms with E-state index in [0.717, 1.165) is 6.42 Å². The van der Waals surface area contributed by atoms with Gasteiger partial charge < -0.3 is 0 Å². The van der Waals surface area contributed by atoms with E-state index in [4.69, 9.17) is 0 Å². The summed E-state index contributed by atoms with van der Waals surface area (Å²) in [4.78, 5) is 11.5. The van der Waals surface area contributed by atoms with Crippen LogP contribution >= 0.6 is 0 Å². The zero-order valence-electron chi connectivity index (χ0n) is 9.10. The number of nitrogens with one attached hydrogen (secondary N) is 2. The molecule has 3 atom stereocenters. The lowest BCUT2D eigenvalue weighted by Gasteiger charge is -2.36. The first kappa shape index (κ1) is 9.97. The lowest BCUT2D eigenvalue weighted by molar-refractivity contribution is -0.123. The Bertz CT molecular complexity index is 241. The molecule has 0 aromatic rings. The van der Waals surface area contributed by atoms with Crippen molar-refractivity contribution in [2.45, 2.75) is 51.5 Å². The largest absolute Gasteiger partial charge is 0.291 e. The van der Waals surface area contributed by atoms with Crippen molar-refractivity contribution in [3.05, 3.63) is 0 Å². The molecular formula is C11H20N2O. The average Bonchev–Trinajstić information content (AvgIpc) is 2.38. The van der Waals surface area contributed by atoms with E-state index in [1.54, 1.807) is 0 Å². The molecule has 1 aliphatic carbocycles. The number of hydrazine groups is 1. The van der Waals surface area contributed by atoms with Gasteiger partial charge in [0, 0.05) is 0 Å². The van der Waals surface area contributed by atoms with Gasteiger partial charge in [-0.15, -0.1) is 0 Å². The van der Waals surface area contributed by atoms with Crippen LogP contribution in [0, 0.1) is 11.8 Å². The molecule has 1 amide bonds. The van der Waals surface area contributed by atoms with Crippen molar-refractivity contribution in [2.75, 3.05) is 0 Å². The van der Waals surface area contributed by atoms with Crippen LogP contribution in [-0.4, -0.2) is 11.4 Å². The summed E-state index contributed by atoms with van der Waals surface area (Å²) in [7, 11) is 0. The van der Waals surface area contributed by atoms with Crippen molar-refractivity contribution in [3.63, 3.8) is 0 Å². The van der Waals surface area contributed by atoms with Gasteiger partial charge in [0.1, 0.15) is 0 Å². The van der Waals surface area contributed by atoms with Crippen molar-refractivity contribution in [1.29, 1.82) is 0 Å². The molecule has 2 rings (SSSR count). The Morgan fingerprint density at radius 3 is 2.71 bits per heavy atom. The normalized spacial score (nSPS) is 43.7. The fourth-order valence-corrected chi connectivity index (χ4v) is 3.01. The van der Waals surface area contributed by atoms with E-state index in [2.05, 4.69) is 24.7 Å². The summed E-state index contributed by atoms with van der Waals surface area (Å²) < 4.78 is 0. The van der Waals surface area contributed by atoms with Crippen molar-refractivity contribution >= 4 is 5.91 Å². The van der Waals surface area contributed by atoms with Crippen molar-refractivity contribution in [1.82, 2.24) is 10.9 Å². The summed E-state index contributed by atoms with van der Waals surface area (Å²) >= 11 is 0. The van der Waals surface area contributed by atoms with Crippen LogP contribution in [0.1, 0.15) is 46.0 Å². The third-order valence-electron chi connectivity index (χ3n) is 4.19. The quantitative estimate of drug-likeness (QED) is 0.618. The molecule has 0 radical (unpaired) electrons. The third kappa shape index (κ3) is 1.34. The number of carbonyl (C=O) groups is 1. The van der Waals surface area contributed by atoms with E-state index in [9.17, 15) is 4.79 Å². The second-order valence-electron chi connectivity index (χ2n) is 4.88. The van der Waals surface area contributed by atoms with E-state index >= 15 is 0 Å². The molecule has 2 fully saturated rings. The highest BCUT2D eigenvalue weighted by Gasteiger charge is 2.49. The predicted octanol–water partition coefficient (Wildman–Crippen LogP) is 1.60. The van der Waals surface area contributed by atoms with Crippen LogP contribution in [0.5, 0.6) is 0 Å². The fraction of sp³-hybridized carbons (Fsp3) is 0.909. The monoisotopic (exact) mass is 196 g/mol. The minimum absolute atomic E-state index is 0.0353. The van der Waals surface area contributed by atoms with Gasteiger partial charge in [-0.2, -0.15) is 0 Å². The van der Waals surface area contributed by atoms with Crippen LogP contribution in [0.25, 0.3) is 0 Å². The Hall–Kier alpha value is -0.570. The van der Waals surface area contributed by atoms with Crippen molar-refractivity contribution in [2.24, 2.45) is 11.8 Å². The molecule has 0 aromatic carbocycles. The molecule has 80 valence electrons. The number of amides is 1. The lowest BCUT2D eigenvalue weighted by Crippen LogP contribution is -2.51. The van der Waals surface area contributed by atoms with Gasteiger partial charge in [0.05, 0.1) is 11.5 Å². The Morgan fingerprint density at radius 2 is 2.07 bits per heavy atom. The molecular weight excluding hydrogens is 176 g/mol. The summed E-state index contributed by atoms with van der Waals surface area (Å²) in [5.74, 6) is 0.883. The molecule has 0 bridgehead atoms. The molecule has 1 aliphatic heterocycles. The summed E-state index contributed by atoms with van der Waals surface area (Å²) in [5, 5.41) is 0. The first-order valence-corrected chi connectivity index (χ1v) is 5.74. The van der Waals surface area contributed by atoms with Crippen molar-refractivity contribution < 1.29 is 4.79 Å². The molecule has 2 aliphatic rings. The Balaban J connectivity index is 2.22. The maximum absolute atomic E-state index is 11.5. The minimum atomic E-state index is 0.0353. The summed E-state index contributed by atoms with van der Waals surface area (Å²) in [5.41, 5.74) is 6.10. The van der Waals surface area contributed by atoms with E-state index < -0.39 is 0 Å². The van der Waals surface area contributed by atoms with Crippen LogP contribution in [0.15, 0.2) is 0 Å². The lowest BCUT2D eigenvalue weighted by atomic mass is 9.73. The summed E-state index contributed by atoms with van der Waals surface area (Å²) in [6, 6.07) is 0. The Kier molecular flexibility index (Phi) is 2.52. The molecule has 14 heavy (non-hydrogen) atoms. The van der Waals surface area contributed by atoms with Crippen molar-refractivity contribution in [3.8, 4) is 0 Å². The SMILES string of the molecule is CC1CCCCCC12NNC(=O)C2C. The van der Waals surface area contributed by atoms with Gasteiger partial charge in [-0.25, -0.2) is 5.43 Å². The van der Waals surface area contributed by atoms with Gasteiger partial charge >= 0.3 is 0 Å². The van der Waals surface area contributed by atoms with Crippen LogP contribution in [0.2, 0.25) is 0 Å². The molecule has 2 N–H and O–H groups in total. The van der Waals surface area contributed by atoms with Crippen LogP contribution < -0.4 is 10.9 Å². The Labute approximate surface area is 85.6 Å². The Morgan fingerprint density at radius 1 is 1.29 bits per heavy atom. The van der Waals surface area contributed by atoms with Crippen LogP contribution in [-0.2, 0) is 4.79 Å². The van der Waals surface area contributed by atoms with Gasteiger partial charge in [-0.05, 0) is 18.8 Å². The second kappa shape index (κ2) is 3.54. The highest BCUT2D eigenvalue weighted by Crippen LogP contribution is 2.39. The van der Waals surface area contributed by atoms with Gasteiger partial charge in [-0.3, -0.25) is 10.2 Å². The summed E-state index contributed by atoms with van der Waals surface area (Å²) in [6.45, 7) is 4.33. The molecule has 3 unspecified atom stereocenters. The number of hydrogen-bond donors (Lipinski definition) is 2. The topological polar surface area (TPSA) is 41.1 Å². The molecule has 3 heteroatoms. The molecule has 1 saturated carbocycles. The van der Waals surface area contributed by atoms with Gasteiger partial charge in [0.15, 0.2) is 0 Å². The smallest absolute Gasteiger partial charge is 0.238 e. The minimum Gasteiger partial charge on any atom is -0.291 e. The molecule has 3 nitrogen and oxygen atoms in total. The maximum Gasteiger partial charge on any atom is 0.238 e. The van der Waals surface area contributed by atoms with Gasteiger partial charge in [0.25, 0.3) is 0 Å². The number of hydrogen-bond acceptors (Lipinski definition) is 2. The molecule has 1 heterocycles. The standard InChI is InChI=1S/C11H20N2O/c1-8-6-4-3-5-7-11(8)9(2)10(14)12-13-11/h8-9,13H,3-7H2,1-2H3,(H,12,14). The first-order valence-electron chi connectivity index (χ1n) is 5.74. The maximum atomic E-state index is 11.5. The summed E-state index contributed by atoms with van der Waals surface area (Å²) in [6.07, 6.45) is 6.25. The van der Waals surface area contributed by atoms with E-state index in [1.165, 1.54) is 25.7 Å². The molecule has 0 aromatic heterocycles. The zero-order valence-corrected chi connectivity index (χ0v) is 9.10. The van der Waals surface area contributed by atoms with Gasteiger partial charge in [0.2, 0.25) is 5.91 Å². The third-order valence-corrected chi connectivity index (χ3v) is 4.19. The van der Waals surface area contributed by atoms with E-state index in [0.29, 0.717) is 5.92 Å². The van der Waals surface area contributed by atoms with Crippen LogP contribution in [0.3, 0.4) is 0 Å². The number of rotatable bonds is 0. The average molecular weight is 196 g/mol. The second-order valence-corrected chi connectivity index (χ2v) is 4.88. The molecule has 1 spiro atoms. The highest BCUT2D eigenvalue weighted by atomic mass is 16.2. The van der Waals surface area contributed by atoms with Crippen LogP contribution in [0.4, 0.5) is 0 Å². The molecule has 1 saturated heterocycles. The number of carbonyl (C=O) groups excluding carboxylic acids is 1. The van der Waals surface area contributed by atoms with E-state index in [1.807, 2.05) is 0 Å². The first-order chi connectivity index (χ1) is 6.67. The zero-order chi connectivity index (χ0) is 10.2. The van der Waals surface area contributed by atoms with Gasteiger partial charge in [-0.1, -0.05) is 33.1 Å². The van der Waals surface area contributed by atoms with E-state index in [-0.39, 0.29) is 17.4 Å².